The van der Waals surface area contributed by atoms with E-state index < -0.39 is 0 Å². The monoisotopic (exact) mass is 390 g/mol. The van der Waals surface area contributed by atoms with E-state index in [2.05, 4.69) is 15.5 Å². The van der Waals surface area contributed by atoms with Gasteiger partial charge in [0.25, 0.3) is 0 Å². The maximum absolute atomic E-state index is 12.4. The van der Waals surface area contributed by atoms with Gasteiger partial charge in [-0.2, -0.15) is 0 Å². The molecular weight excluding hydrogens is 360 g/mol. The Kier molecular flexibility index (Phi) is 7.50. The van der Waals surface area contributed by atoms with E-state index in [0.717, 1.165) is 37.3 Å². The van der Waals surface area contributed by atoms with Gasteiger partial charge in [0.15, 0.2) is 0 Å². The second-order valence-corrected chi connectivity index (χ2v) is 7.01. The van der Waals surface area contributed by atoms with Gasteiger partial charge >= 0.3 is 6.09 Å². The molecule has 2 fully saturated rings. The molecule has 28 heavy (non-hydrogen) atoms. The molecule has 154 valence electrons. The van der Waals surface area contributed by atoms with E-state index in [1.165, 1.54) is 0 Å². The number of morpholine rings is 1. The molecule has 0 spiro atoms. The molecule has 8 nitrogen and oxygen atoms in total. The third-order valence-electron chi connectivity index (χ3n) is 5.10. The first kappa shape index (κ1) is 20.4. The number of nitrogens with one attached hydrogen (secondary N) is 2. The van der Waals surface area contributed by atoms with Crippen LogP contribution in [-0.4, -0.2) is 75.5 Å². The average Bonchev–Trinajstić information content (AvgIpc) is 2.74. The largest absolute Gasteiger partial charge is 0.450 e. The number of amides is 2. The van der Waals surface area contributed by atoms with E-state index in [4.69, 9.17) is 9.47 Å². The second kappa shape index (κ2) is 10.3. The average molecular weight is 390 g/mol. The molecule has 0 radical (unpaired) electrons. The van der Waals surface area contributed by atoms with Crippen molar-refractivity contribution in [2.45, 2.75) is 25.8 Å². The second-order valence-electron chi connectivity index (χ2n) is 7.01. The molecule has 0 saturated carbocycles. The zero-order valence-corrected chi connectivity index (χ0v) is 16.5. The highest BCUT2D eigenvalue weighted by Gasteiger charge is 2.24. The van der Waals surface area contributed by atoms with Crippen molar-refractivity contribution in [1.82, 2.24) is 10.2 Å². The van der Waals surface area contributed by atoms with Gasteiger partial charge in [-0.15, -0.1) is 0 Å². The van der Waals surface area contributed by atoms with E-state index in [-0.39, 0.29) is 24.6 Å². The lowest BCUT2D eigenvalue weighted by Crippen LogP contribution is -2.46. The number of para-hydroxylation sites is 2. The van der Waals surface area contributed by atoms with Gasteiger partial charge in [-0.05, 0) is 31.9 Å². The Morgan fingerprint density at radius 2 is 1.86 bits per heavy atom. The molecule has 2 aliphatic rings. The predicted octanol–water partition coefficient (Wildman–Crippen LogP) is 1.67. The molecule has 0 bridgehead atoms. The lowest BCUT2D eigenvalue weighted by Gasteiger charge is -2.32. The van der Waals surface area contributed by atoms with Crippen molar-refractivity contribution in [2.24, 2.45) is 0 Å². The number of carbonyl (C=O) groups excluding carboxylic acids is 2. The van der Waals surface area contributed by atoms with Gasteiger partial charge in [0.1, 0.15) is 0 Å². The van der Waals surface area contributed by atoms with Crippen LogP contribution in [0.25, 0.3) is 0 Å². The van der Waals surface area contributed by atoms with E-state index in [1.54, 1.807) is 4.90 Å². The molecule has 8 heteroatoms. The summed E-state index contributed by atoms with van der Waals surface area (Å²) in [6.45, 7) is 6.81. The molecule has 0 unspecified atom stereocenters. The highest BCUT2D eigenvalue weighted by Crippen LogP contribution is 2.26. The smallest absolute Gasteiger partial charge is 0.409 e. The molecule has 1 aromatic rings. The lowest BCUT2D eigenvalue weighted by atomic mass is 10.1. The Hall–Kier alpha value is -2.32. The minimum Gasteiger partial charge on any atom is -0.450 e. The lowest BCUT2D eigenvalue weighted by molar-refractivity contribution is -0.115. The van der Waals surface area contributed by atoms with Gasteiger partial charge in [-0.3, -0.25) is 4.79 Å². The Morgan fingerprint density at radius 1 is 1.14 bits per heavy atom. The number of hydrogen-bond acceptors (Lipinski definition) is 6. The molecule has 3 rings (SSSR count). The van der Waals surface area contributed by atoms with Gasteiger partial charge < -0.3 is 29.9 Å². The van der Waals surface area contributed by atoms with Gasteiger partial charge in [-0.25, -0.2) is 4.79 Å². The van der Waals surface area contributed by atoms with Crippen LogP contribution in [0.4, 0.5) is 16.2 Å². The molecule has 2 saturated heterocycles. The number of carbonyl (C=O) groups is 2. The SMILES string of the molecule is CCOC(=O)N1CCC(NCC(=O)Nc2ccccc2N2CCOCC2)CC1. The summed E-state index contributed by atoms with van der Waals surface area (Å²) < 4.78 is 10.4. The first-order valence-corrected chi connectivity index (χ1v) is 10.0. The summed E-state index contributed by atoms with van der Waals surface area (Å²) >= 11 is 0. The van der Waals surface area contributed by atoms with Crippen molar-refractivity contribution in [3.8, 4) is 0 Å². The summed E-state index contributed by atoms with van der Waals surface area (Å²) in [5, 5.41) is 6.33. The number of rotatable bonds is 6. The van der Waals surface area contributed by atoms with E-state index in [0.29, 0.717) is 32.9 Å². The summed E-state index contributed by atoms with van der Waals surface area (Å²) in [7, 11) is 0. The number of likely N-dealkylation sites (tertiary alicyclic amines) is 1. The van der Waals surface area contributed by atoms with Crippen LogP contribution >= 0.6 is 0 Å². The summed E-state index contributed by atoms with van der Waals surface area (Å²) in [5.74, 6) is -0.0615. The van der Waals surface area contributed by atoms with Crippen LogP contribution < -0.4 is 15.5 Å². The third kappa shape index (κ3) is 5.59. The van der Waals surface area contributed by atoms with Crippen molar-refractivity contribution in [3.05, 3.63) is 24.3 Å². The first-order chi connectivity index (χ1) is 13.7. The topological polar surface area (TPSA) is 83.1 Å². The van der Waals surface area contributed by atoms with Crippen LogP contribution in [0.5, 0.6) is 0 Å². The highest BCUT2D eigenvalue weighted by molar-refractivity contribution is 5.95. The Morgan fingerprint density at radius 3 is 2.57 bits per heavy atom. The van der Waals surface area contributed by atoms with Gasteiger partial charge in [0, 0.05) is 32.2 Å². The standard InChI is InChI=1S/C20H30N4O4/c1-2-28-20(26)24-9-7-16(8-10-24)21-15-19(25)22-17-5-3-4-6-18(17)23-11-13-27-14-12-23/h3-6,16,21H,2,7-15H2,1H3,(H,22,25). The van der Waals surface area contributed by atoms with E-state index >= 15 is 0 Å². The van der Waals surface area contributed by atoms with Crippen LogP contribution in [0.15, 0.2) is 24.3 Å². The third-order valence-corrected chi connectivity index (χ3v) is 5.10. The van der Waals surface area contributed by atoms with Gasteiger partial charge in [0.2, 0.25) is 5.91 Å². The number of nitrogens with zero attached hydrogens (tertiary/aromatic N) is 2. The summed E-state index contributed by atoms with van der Waals surface area (Å²) in [5.41, 5.74) is 1.86. The fraction of sp³-hybridized carbons (Fsp3) is 0.600. The number of hydrogen-bond donors (Lipinski definition) is 2. The Labute approximate surface area is 166 Å². The normalized spacial score (nSPS) is 18.0. The zero-order chi connectivity index (χ0) is 19.8. The summed E-state index contributed by atoms with van der Waals surface area (Å²) in [6, 6.07) is 8.10. The van der Waals surface area contributed by atoms with Gasteiger partial charge in [-0.1, -0.05) is 12.1 Å². The molecule has 1 aromatic carbocycles. The quantitative estimate of drug-likeness (QED) is 0.769. The molecule has 0 aliphatic carbocycles. The van der Waals surface area contributed by atoms with Crippen LogP contribution in [0.3, 0.4) is 0 Å². The molecule has 2 N–H and O–H groups in total. The van der Waals surface area contributed by atoms with Crippen LogP contribution in [0.2, 0.25) is 0 Å². The van der Waals surface area contributed by atoms with Crippen LogP contribution in [0.1, 0.15) is 19.8 Å². The summed E-state index contributed by atoms with van der Waals surface area (Å²) in [4.78, 5) is 28.1. The fourth-order valence-corrected chi connectivity index (χ4v) is 3.57. The molecule has 2 heterocycles. The van der Waals surface area contributed by atoms with Crippen LogP contribution in [-0.2, 0) is 14.3 Å². The van der Waals surface area contributed by atoms with Crippen molar-refractivity contribution >= 4 is 23.4 Å². The zero-order valence-electron chi connectivity index (χ0n) is 16.5. The minimum absolute atomic E-state index is 0.0615. The molecule has 2 amide bonds. The van der Waals surface area contributed by atoms with Crippen LogP contribution in [0, 0.1) is 0 Å². The van der Waals surface area contributed by atoms with E-state index in [9.17, 15) is 9.59 Å². The Bertz CT molecular complexity index is 655. The number of anilines is 2. The fourth-order valence-electron chi connectivity index (χ4n) is 3.57. The molecular formula is C20H30N4O4. The summed E-state index contributed by atoms with van der Waals surface area (Å²) in [6.07, 6.45) is 1.38. The predicted molar refractivity (Wildman–Crippen MR) is 108 cm³/mol. The van der Waals surface area contributed by atoms with Crippen molar-refractivity contribution < 1.29 is 19.1 Å². The number of ether oxygens (including phenoxy) is 2. The maximum atomic E-state index is 12.4. The Balaban J connectivity index is 1.45. The maximum Gasteiger partial charge on any atom is 0.409 e. The highest BCUT2D eigenvalue weighted by atomic mass is 16.6. The first-order valence-electron chi connectivity index (χ1n) is 10.0. The number of piperidine rings is 1. The molecule has 2 aliphatic heterocycles. The van der Waals surface area contributed by atoms with Crippen molar-refractivity contribution in [3.63, 3.8) is 0 Å². The minimum atomic E-state index is -0.251. The van der Waals surface area contributed by atoms with E-state index in [1.807, 2.05) is 31.2 Å². The van der Waals surface area contributed by atoms with Gasteiger partial charge in [0.05, 0.1) is 37.7 Å². The molecule has 0 atom stereocenters. The number of benzene rings is 1. The molecule has 0 aromatic heterocycles. The van der Waals surface area contributed by atoms with Crippen molar-refractivity contribution in [1.29, 1.82) is 0 Å². The van der Waals surface area contributed by atoms with Crippen molar-refractivity contribution in [2.75, 3.05) is 62.8 Å².